The Bertz CT molecular complexity index is 524. The first-order valence-electron chi connectivity index (χ1n) is 4.82. The predicted octanol–water partition coefficient (Wildman–Crippen LogP) is 1.62. The predicted molar refractivity (Wildman–Crippen MR) is 61.6 cm³/mol. The summed E-state index contributed by atoms with van der Waals surface area (Å²) >= 11 is 0. The minimum atomic E-state index is -1.23. The largest absolute Gasteiger partial charge is 0.480 e. The Labute approximate surface area is 102 Å². The van der Waals surface area contributed by atoms with Crippen molar-refractivity contribution >= 4 is 17.3 Å². The summed E-state index contributed by atoms with van der Waals surface area (Å²) in [6.45, 7) is 0. The summed E-state index contributed by atoms with van der Waals surface area (Å²) in [5, 5.41) is 21.6. The summed E-state index contributed by atoms with van der Waals surface area (Å²) < 4.78 is 13.5. The van der Waals surface area contributed by atoms with Crippen LogP contribution in [0.3, 0.4) is 0 Å². The topological polar surface area (TPSA) is 92.5 Å². The van der Waals surface area contributed by atoms with Crippen molar-refractivity contribution in [3.63, 3.8) is 0 Å². The van der Waals surface area contributed by atoms with Crippen molar-refractivity contribution in [3.8, 4) is 12.3 Å². The van der Waals surface area contributed by atoms with Gasteiger partial charge in [0.1, 0.15) is 6.04 Å². The van der Waals surface area contributed by atoms with Crippen molar-refractivity contribution in [2.75, 3.05) is 5.32 Å². The van der Waals surface area contributed by atoms with Gasteiger partial charge in [0, 0.05) is 12.5 Å². The number of hydrogen-bond donors (Lipinski definition) is 2. The average Bonchev–Trinajstić information content (AvgIpc) is 2.30. The van der Waals surface area contributed by atoms with Gasteiger partial charge in [-0.25, -0.2) is 9.18 Å². The zero-order valence-corrected chi connectivity index (χ0v) is 9.09. The first-order chi connectivity index (χ1) is 8.45. The standard InChI is InChI=1S/C11H9FN2O4/c1-2-3-10(11(15)16)13-9-5-4-7(14(17)18)6-8(9)12/h1,4-6,10,13H,3H2,(H,15,16). The SMILES string of the molecule is C#CCC(Nc1ccc([N+](=O)[O-])cc1F)C(=O)O. The molecule has 1 aromatic carbocycles. The molecule has 0 spiro atoms. The molecule has 0 bridgehead atoms. The lowest BCUT2D eigenvalue weighted by molar-refractivity contribution is -0.385. The Kier molecular flexibility index (Phi) is 4.21. The van der Waals surface area contributed by atoms with Gasteiger partial charge in [0.05, 0.1) is 16.7 Å². The number of anilines is 1. The van der Waals surface area contributed by atoms with Crippen molar-refractivity contribution in [1.29, 1.82) is 0 Å². The van der Waals surface area contributed by atoms with Gasteiger partial charge in [-0.3, -0.25) is 10.1 Å². The van der Waals surface area contributed by atoms with Gasteiger partial charge >= 0.3 is 5.97 Å². The number of carbonyl (C=O) groups is 1. The second-order valence-electron chi connectivity index (χ2n) is 3.36. The van der Waals surface area contributed by atoms with E-state index in [1.54, 1.807) is 0 Å². The summed E-state index contributed by atoms with van der Waals surface area (Å²) in [6.07, 6.45) is 4.85. The number of carboxylic acid groups (broad SMARTS) is 1. The Morgan fingerprint density at radius 2 is 2.33 bits per heavy atom. The molecule has 0 aromatic heterocycles. The Hall–Kier alpha value is -2.62. The number of nitro benzene ring substituents is 1. The molecule has 2 N–H and O–H groups in total. The first kappa shape index (κ1) is 13.4. The molecular weight excluding hydrogens is 243 g/mol. The molecule has 94 valence electrons. The third-order valence-corrected chi connectivity index (χ3v) is 2.11. The molecule has 0 fully saturated rings. The molecule has 0 aliphatic carbocycles. The molecule has 0 saturated heterocycles. The molecule has 1 unspecified atom stereocenters. The van der Waals surface area contributed by atoms with Gasteiger partial charge in [-0.1, -0.05) is 0 Å². The molecule has 1 atom stereocenters. The van der Waals surface area contributed by atoms with Crippen LogP contribution in [-0.4, -0.2) is 22.0 Å². The number of hydrogen-bond acceptors (Lipinski definition) is 4. The third-order valence-electron chi connectivity index (χ3n) is 2.11. The Morgan fingerprint density at radius 3 is 2.78 bits per heavy atom. The lowest BCUT2D eigenvalue weighted by Crippen LogP contribution is -2.29. The second kappa shape index (κ2) is 5.63. The van der Waals surface area contributed by atoms with E-state index in [0.29, 0.717) is 6.07 Å². The van der Waals surface area contributed by atoms with Gasteiger partial charge in [0.15, 0.2) is 5.82 Å². The molecule has 0 aliphatic heterocycles. The summed E-state index contributed by atoms with van der Waals surface area (Å²) in [4.78, 5) is 20.4. The number of halogens is 1. The number of terminal acetylenes is 1. The minimum Gasteiger partial charge on any atom is -0.480 e. The van der Waals surface area contributed by atoms with Gasteiger partial charge in [0.25, 0.3) is 5.69 Å². The van der Waals surface area contributed by atoms with Crippen LogP contribution >= 0.6 is 0 Å². The van der Waals surface area contributed by atoms with Gasteiger partial charge in [-0.05, 0) is 6.07 Å². The maximum absolute atomic E-state index is 13.5. The lowest BCUT2D eigenvalue weighted by atomic mass is 10.2. The molecule has 0 saturated carbocycles. The van der Waals surface area contributed by atoms with E-state index >= 15 is 0 Å². The number of nitro groups is 1. The molecule has 0 aliphatic rings. The number of aliphatic carboxylic acids is 1. The molecule has 0 radical (unpaired) electrons. The molecule has 0 heterocycles. The second-order valence-corrected chi connectivity index (χ2v) is 3.36. The van der Waals surface area contributed by atoms with Crippen molar-refractivity contribution in [3.05, 3.63) is 34.1 Å². The van der Waals surface area contributed by atoms with Crippen molar-refractivity contribution in [2.45, 2.75) is 12.5 Å². The highest BCUT2D eigenvalue weighted by Gasteiger charge is 2.18. The number of benzene rings is 1. The van der Waals surface area contributed by atoms with Gasteiger partial charge in [-0.15, -0.1) is 12.3 Å². The Morgan fingerprint density at radius 1 is 1.67 bits per heavy atom. The summed E-state index contributed by atoms with van der Waals surface area (Å²) in [5.41, 5.74) is -0.565. The van der Waals surface area contributed by atoms with E-state index in [-0.39, 0.29) is 12.1 Å². The van der Waals surface area contributed by atoms with Gasteiger partial charge in [0.2, 0.25) is 0 Å². The van der Waals surface area contributed by atoms with Crippen molar-refractivity contribution in [1.82, 2.24) is 0 Å². The smallest absolute Gasteiger partial charge is 0.327 e. The Balaban J connectivity index is 2.94. The van der Waals surface area contributed by atoms with Crippen molar-refractivity contribution in [2.24, 2.45) is 0 Å². The van der Waals surface area contributed by atoms with Crippen molar-refractivity contribution < 1.29 is 19.2 Å². The van der Waals surface area contributed by atoms with E-state index in [9.17, 15) is 19.3 Å². The number of carboxylic acids is 1. The third kappa shape index (κ3) is 3.18. The fraction of sp³-hybridized carbons (Fsp3) is 0.182. The van der Waals surface area contributed by atoms with Crippen LogP contribution in [0.15, 0.2) is 18.2 Å². The highest BCUT2D eigenvalue weighted by Crippen LogP contribution is 2.21. The van der Waals surface area contributed by atoms with Crippen LogP contribution < -0.4 is 5.32 Å². The quantitative estimate of drug-likeness (QED) is 0.472. The van der Waals surface area contributed by atoms with E-state index in [2.05, 4.69) is 11.2 Å². The molecule has 6 nitrogen and oxygen atoms in total. The van der Waals surface area contributed by atoms with E-state index in [1.165, 1.54) is 0 Å². The van der Waals surface area contributed by atoms with Crippen LogP contribution in [0.1, 0.15) is 6.42 Å². The lowest BCUT2D eigenvalue weighted by Gasteiger charge is -2.13. The zero-order valence-electron chi connectivity index (χ0n) is 9.09. The van der Waals surface area contributed by atoms with E-state index < -0.39 is 28.4 Å². The molecule has 7 heteroatoms. The van der Waals surface area contributed by atoms with Gasteiger partial charge in [-0.2, -0.15) is 0 Å². The normalized spacial score (nSPS) is 11.3. The highest BCUT2D eigenvalue weighted by molar-refractivity contribution is 5.77. The molecule has 1 rings (SSSR count). The van der Waals surface area contributed by atoms with Crippen LogP contribution in [0.25, 0.3) is 0 Å². The van der Waals surface area contributed by atoms with Gasteiger partial charge < -0.3 is 10.4 Å². The van der Waals surface area contributed by atoms with Crippen LogP contribution in [0.4, 0.5) is 15.8 Å². The molecule has 1 aromatic rings. The molecule has 18 heavy (non-hydrogen) atoms. The van der Waals surface area contributed by atoms with E-state index in [1.807, 2.05) is 0 Å². The fourth-order valence-electron chi connectivity index (χ4n) is 1.24. The summed E-state index contributed by atoms with van der Waals surface area (Å²) in [6, 6.07) is 1.72. The number of non-ortho nitro benzene ring substituents is 1. The van der Waals surface area contributed by atoms with E-state index in [4.69, 9.17) is 11.5 Å². The maximum atomic E-state index is 13.5. The number of nitrogens with one attached hydrogen (secondary N) is 1. The van der Waals surface area contributed by atoms with Crippen LogP contribution in [0.5, 0.6) is 0 Å². The van der Waals surface area contributed by atoms with Crippen LogP contribution in [-0.2, 0) is 4.79 Å². The zero-order chi connectivity index (χ0) is 13.7. The number of rotatable bonds is 5. The monoisotopic (exact) mass is 252 g/mol. The highest BCUT2D eigenvalue weighted by atomic mass is 19.1. The summed E-state index contributed by atoms with van der Waals surface area (Å²) in [7, 11) is 0. The molecule has 0 amide bonds. The van der Waals surface area contributed by atoms with E-state index in [0.717, 1.165) is 12.1 Å². The van der Waals surface area contributed by atoms with Crippen LogP contribution in [0, 0.1) is 28.3 Å². The van der Waals surface area contributed by atoms with Crippen LogP contribution in [0.2, 0.25) is 0 Å². The molecular formula is C11H9FN2O4. The summed E-state index contributed by atoms with van der Waals surface area (Å²) in [5.74, 6) is 0.00386. The number of nitrogens with zero attached hydrogens (tertiary/aromatic N) is 1. The fourth-order valence-corrected chi connectivity index (χ4v) is 1.24. The average molecular weight is 252 g/mol. The minimum absolute atomic E-state index is 0.133. The first-order valence-corrected chi connectivity index (χ1v) is 4.82. The maximum Gasteiger partial charge on any atom is 0.327 e.